The van der Waals surface area contributed by atoms with E-state index >= 15 is 0 Å². The van der Waals surface area contributed by atoms with Gasteiger partial charge in [-0.25, -0.2) is 0 Å². The fourth-order valence-corrected chi connectivity index (χ4v) is 2.29. The summed E-state index contributed by atoms with van der Waals surface area (Å²) in [7, 11) is 3.88. The summed E-state index contributed by atoms with van der Waals surface area (Å²) >= 11 is 0. The van der Waals surface area contributed by atoms with Crippen molar-refractivity contribution in [1.82, 2.24) is 4.90 Å². The van der Waals surface area contributed by atoms with Crippen LogP contribution in [0.1, 0.15) is 18.1 Å². The molecule has 0 saturated heterocycles. The molecule has 2 aromatic carbocycles. The van der Waals surface area contributed by atoms with Crippen molar-refractivity contribution in [2.75, 3.05) is 14.2 Å². The molecular weight excluding hydrogens is 282 g/mol. The van der Waals surface area contributed by atoms with Crippen LogP contribution >= 0.6 is 12.4 Å². The van der Waals surface area contributed by atoms with Gasteiger partial charge in [-0.2, -0.15) is 0 Å². The highest BCUT2D eigenvalue weighted by Gasteiger charge is 2.10. The predicted octanol–water partition coefficient (Wildman–Crippen LogP) is 4.18. The summed E-state index contributed by atoms with van der Waals surface area (Å²) in [5, 5.41) is 0. The molecule has 1 atom stereocenters. The molecule has 0 aliphatic rings. The second-order valence-corrected chi connectivity index (χ2v) is 5.30. The minimum atomic E-state index is 0. The molecule has 2 nitrogen and oxygen atoms in total. The highest BCUT2D eigenvalue weighted by molar-refractivity contribution is 5.85. The molecule has 1 unspecified atom stereocenters. The topological polar surface area (TPSA) is 12.5 Å². The second kappa shape index (κ2) is 8.71. The highest BCUT2D eigenvalue weighted by Crippen LogP contribution is 2.14. The summed E-state index contributed by atoms with van der Waals surface area (Å²) in [6, 6.07) is 19.5. The van der Waals surface area contributed by atoms with Gasteiger partial charge in [0.25, 0.3) is 0 Å². The summed E-state index contributed by atoms with van der Waals surface area (Å²) in [6.45, 7) is 3.23. The Balaban J connectivity index is 0.00000220. The third kappa shape index (κ3) is 5.41. The van der Waals surface area contributed by atoms with E-state index in [2.05, 4.69) is 61.3 Å². The maximum Gasteiger partial charge on any atom is 0.118 e. The first-order valence-corrected chi connectivity index (χ1v) is 7.06. The molecule has 2 aromatic rings. The summed E-state index contributed by atoms with van der Waals surface area (Å²) in [4.78, 5) is 2.38. The number of rotatable bonds is 6. The normalized spacial score (nSPS) is 11.8. The Morgan fingerprint density at radius 3 is 2.14 bits per heavy atom. The third-order valence-corrected chi connectivity index (χ3v) is 3.72. The van der Waals surface area contributed by atoms with E-state index in [0.29, 0.717) is 6.04 Å². The Morgan fingerprint density at radius 1 is 0.952 bits per heavy atom. The Labute approximate surface area is 134 Å². The van der Waals surface area contributed by atoms with Crippen LogP contribution in [0.15, 0.2) is 54.6 Å². The van der Waals surface area contributed by atoms with Gasteiger partial charge in [-0.3, -0.25) is 4.90 Å². The minimum absolute atomic E-state index is 0. The average molecular weight is 306 g/mol. The molecule has 114 valence electrons. The van der Waals surface area contributed by atoms with Crippen LogP contribution in [0.4, 0.5) is 0 Å². The van der Waals surface area contributed by atoms with Crippen molar-refractivity contribution in [2.45, 2.75) is 25.9 Å². The van der Waals surface area contributed by atoms with Crippen molar-refractivity contribution >= 4 is 12.4 Å². The number of hydrogen-bond donors (Lipinski definition) is 0. The number of halogens is 1. The average Bonchev–Trinajstić information content (AvgIpc) is 2.49. The molecule has 0 bridgehead atoms. The molecule has 21 heavy (non-hydrogen) atoms. The molecule has 0 amide bonds. The van der Waals surface area contributed by atoms with Gasteiger partial charge in [0.05, 0.1) is 7.11 Å². The molecule has 0 aliphatic heterocycles. The van der Waals surface area contributed by atoms with E-state index in [9.17, 15) is 0 Å². The van der Waals surface area contributed by atoms with Crippen molar-refractivity contribution < 1.29 is 4.74 Å². The van der Waals surface area contributed by atoms with E-state index in [1.54, 1.807) is 7.11 Å². The molecule has 3 heteroatoms. The van der Waals surface area contributed by atoms with E-state index in [0.717, 1.165) is 18.7 Å². The van der Waals surface area contributed by atoms with Crippen molar-refractivity contribution in [3.05, 3.63) is 65.7 Å². The van der Waals surface area contributed by atoms with Gasteiger partial charge in [0.2, 0.25) is 0 Å². The molecule has 0 heterocycles. The standard InChI is InChI=1S/C18H23NO.ClH/c1-15(13-16-7-5-4-6-8-16)19(2)14-17-9-11-18(20-3)12-10-17;/h4-12,15H,13-14H2,1-3H3;1H. The molecule has 0 fully saturated rings. The maximum absolute atomic E-state index is 5.19. The zero-order chi connectivity index (χ0) is 14.4. The maximum atomic E-state index is 5.19. The number of methoxy groups -OCH3 is 1. The van der Waals surface area contributed by atoms with E-state index in [1.165, 1.54) is 11.1 Å². The fraction of sp³-hybridized carbons (Fsp3) is 0.333. The Morgan fingerprint density at radius 2 is 1.57 bits per heavy atom. The van der Waals surface area contributed by atoms with Crippen LogP contribution in [0.3, 0.4) is 0 Å². The summed E-state index contributed by atoms with van der Waals surface area (Å²) < 4.78 is 5.19. The molecule has 0 spiro atoms. The van der Waals surface area contributed by atoms with Crippen LogP contribution < -0.4 is 4.74 Å². The fourth-order valence-electron chi connectivity index (χ4n) is 2.29. The van der Waals surface area contributed by atoms with Crippen LogP contribution in [-0.4, -0.2) is 25.1 Å². The van der Waals surface area contributed by atoms with E-state index in [-0.39, 0.29) is 12.4 Å². The number of nitrogens with zero attached hydrogens (tertiary/aromatic N) is 1. The van der Waals surface area contributed by atoms with Crippen molar-refractivity contribution in [3.8, 4) is 5.75 Å². The summed E-state index contributed by atoms with van der Waals surface area (Å²) in [6.07, 6.45) is 1.08. The number of ether oxygens (including phenoxy) is 1. The smallest absolute Gasteiger partial charge is 0.118 e. The Kier molecular flexibility index (Phi) is 7.27. The van der Waals surface area contributed by atoms with Crippen molar-refractivity contribution in [1.29, 1.82) is 0 Å². The molecule has 2 rings (SSSR count). The Hall–Kier alpha value is -1.51. The zero-order valence-corrected chi connectivity index (χ0v) is 13.8. The first kappa shape index (κ1) is 17.5. The summed E-state index contributed by atoms with van der Waals surface area (Å²) in [5.41, 5.74) is 2.70. The number of likely N-dealkylation sites (N-methyl/N-ethyl adjacent to an activating group) is 1. The lowest BCUT2D eigenvalue weighted by Gasteiger charge is -2.25. The highest BCUT2D eigenvalue weighted by atomic mass is 35.5. The lowest BCUT2D eigenvalue weighted by molar-refractivity contribution is 0.248. The number of benzene rings is 2. The molecule has 0 aliphatic carbocycles. The quantitative estimate of drug-likeness (QED) is 0.794. The molecule has 0 radical (unpaired) electrons. The van der Waals surface area contributed by atoms with E-state index in [1.807, 2.05) is 12.1 Å². The first-order chi connectivity index (χ1) is 9.69. The molecule has 0 aromatic heterocycles. The van der Waals surface area contributed by atoms with Crippen LogP contribution in [-0.2, 0) is 13.0 Å². The van der Waals surface area contributed by atoms with Crippen LogP contribution in [0.25, 0.3) is 0 Å². The zero-order valence-electron chi connectivity index (χ0n) is 13.0. The largest absolute Gasteiger partial charge is 0.497 e. The predicted molar refractivity (Wildman–Crippen MR) is 91.3 cm³/mol. The SMILES string of the molecule is COc1ccc(CN(C)C(C)Cc2ccccc2)cc1.Cl. The van der Waals surface area contributed by atoms with Crippen LogP contribution in [0.5, 0.6) is 5.75 Å². The van der Waals surface area contributed by atoms with Gasteiger partial charge in [-0.1, -0.05) is 42.5 Å². The molecular formula is C18H24ClNO. The van der Waals surface area contributed by atoms with Gasteiger partial charge in [-0.15, -0.1) is 12.4 Å². The van der Waals surface area contributed by atoms with Gasteiger partial charge in [0.1, 0.15) is 5.75 Å². The van der Waals surface area contributed by atoms with Crippen molar-refractivity contribution in [3.63, 3.8) is 0 Å². The Bertz CT molecular complexity index is 513. The lowest BCUT2D eigenvalue weighted by Crippen LogP contribution is -2.30. The van der Waals surface area contributed by atoms with Crippen LogP contribution in [0, 0.1) is 0 Å². The second-order valence-electron chi connectivity index (χ2n) is 5.30. The van der Waals surface area contributed by atoms with E-state index < -0.39 is 0 Å². The van der Waals surface area contributed by atoms with Gasteiger partial charge in [0, 0.05) is 12.6 Å². The number of hydrogen-bond acceptors (Lipinski definition) is 2. The molecule has 0 N–H and O–H groups in total. The lowest BCUT2D eigenvalue weighted by atomic mass is 10.1. The molecule has 0 saturated carbocycles. The van der Waals surface area contributed by atoms with Gasteiger partial charge in [0.15, 0.2) is 0 Å². The van der Waals surface area contributed by atoms with Gasteiger partial charge >= 0.3 is 0 Å². The monoisotopic (exact) mass is 305 g/mol. The minimum Gasteiger partial charge on any atom is -0.497 e. The van der Waals surface area contributed by atoms with Crippen molar-refractivity contribution in [2.24, 2.45) is 0 Å². The summed E-state index contributed by atoms with van der Waals surface area (Å²) in [5.74, 6) is 0.911. The van der Waals surface area contributed by atoms with Gasteiger partial charge in [-0.05, 0) is 43.7 Å². The van der Waals surface area contributed by atoms with E-state index in [4.69, 9.17) is 4.74 Å². The van der Waals surface area contributed by atoms with Crippen LogP contribution in [0.2, 0.25) is 0 Å². The first-order valence-electron chi connectivity index (χ1n) is 7.06. The third-order valence-electron chi connectivity index (χ3n) is 3.72. The van der Waals surface area contributed by atoms with Gasteiger partial charge < -0.3 is 4.74 Å².